The molecule has 132 valence electrons. The molecule has 1 aromatic rings. The van der Waals surface area contributed by atoms with E-state index in [0.717, 1.165) is 0 Å². The van der Waals surface area contributed by atoms with Crippen molar-refractivity contribution in [3.05, 3.63) is 27.1 Å². The second kappa shape index (κ2) is 7.41. The molecule has 0 aliphatic carbocycles. The van der Waals surface area contributed by atoms with Crippen LogP contribution >= 0.6 is 31.9 Å². The molecule has 0 radical (unpaired) electrons. The minimum Gasteiger partial charge on any atom is -0.378 e. The van der Waals surface area contributed by atoms with E-state index in [4.69, 9.17) is 4.74 Å². The van der Waals surface area contributed by atoms with Crippen molar-refractivity contribution in [3.8, 4) is 0 Å². The summed E-state index contributed by atoms with van der Waals surface area (Å²) in [6.45, 7) is 2.40. The Morgan fingerprint density at radius 3 is 2.58 bits per heavy atom. The first-order chi connectivity index (χ1) is 11.4. The zero-order chi connectivity index (χ0) is 17.3. The lowest BCUT2D eigenvalue weighted by Gasteiger charge is -2.32. The van der Waals surface area contributed by atoms with E-state index in [0.29, 0.717) is 54.6 Å². The lowest BCUT2D eigenvalue weighted by molar-refractivity contribution is -0.138. The Bertz CT molecular complexity index is 735. The minimum absolute atomic E-state index is 0.120. The van der Waals surface area contributed by atoms with Crippen LogP contribution in [0.2, 0.25) is 0 Å². The molecule has 24 heavy (non-hydrogen) atoms. The number of halogens is 2. The van der Waals surface area contributed by atoms with Gasteiger partial charge in [-0.25, -0.2) is 8.42 Å². The van der Waals surface area contributed by atoms with Crippen molar-refractivity contribution in [2.45, 2.75) is 23.8 Å². The molecule has 2 fully saturated rings. The van der Waals surface area contributed by atoms with Crippen LogP contribution < -0.4 is 0 Å². The van der Waals surface area contributed by atoms with Crippen LogP contribution in [0.15, 0.2) is 32.0 Å². The highest BCUT2D eigenvalue weighted by Gasteiger charge is 2.42. The van der Waals surface area contributed by atoms with Gasteiger partial charge in [0.2, 0.25) is 15.9 Å². The number of nitrogens with zero attached hydrogens (tertiary/aromatic N) is 2. The van der Waals surface area contributed by atoms with Gasteiger partial charge in [0.1, 0.15) is 6.04 Å². The van der Waals surface area contributed by atoms with Crippen molar-refractivity contribution in [1.29, 1.82) is 0 Å². The first kappa shape index (κ1) is 18.3. The molecule has 0 saturated carbocycles. The first-order valence-corrected chi connectivity index (χ1v) is 10.8. The summed E-state index contributed by atoms with van der Waals surface area (Å²) < 4.78 is 34.0. The quantitative estimate of drug-likeness (QED) is 0.663. The van der Waals surface area contributed by atoms with Crippen LogP contribution in [-0.2, 0) is 19.6 Å². The Hall–Kier alpha value is -0.480. The van der Waals surface area contributed by atoms with E-state index >= 15 is 0 Å². The fourth-order valence-electron chi connectivity index (χ4n) is 3.07. The van der Waals surface area contributed by atoms with E-state index in [1.165, 1.54) is 4.31 Å². The molecular weight excluding hydrogens is 464 g/mol. The monoisotopic (exact) mass is 480 g/mol. The summed E-state index contributed by atoms with van der Waals surface area (Å²) in [5, 5.41) is 0. The molecule has 2 aliphatic rings. The van der Waals surface area contributed by atoms with E-state index < -0.39 is 16.1 Å². The predicted octanol–water partition coefficient (Wildman–Crippen LogP) is 2.22. The first-order valence-electron chi connectivity index (χ1n) is 7.74. The molecular formula is C15H18Br2N2O4S. The largest absolute Gasteiger partial charge is 0.378 e. The fourth-order valence-corrected chi connectivity index (χ4v) is 6.19. The van der Waals surface area contributed by atoms with E-state index in [-0.39, 0.29) is 10.8 Å². The molecule has 1 amide bonds. The number of sulfonamides is 1. The Balaban J connectivity index is 1.89. The summed E-state index contributed by atoms with van der Waals surface area (Å²) >= 11 is 6.62. The van der Waals surface area contributed by atoms with Gasteiger partial charge in [0, 0.05) is 28.6 Å². The number of rotatable bonds is 3. The molecule has 2 heterocycles. The van der Waals surface area contributed by atoms with Crippen LogP contribution in [0, 0.1) is 0 Å². The number of ether oxygens (including phenoxy) is 1. The van der Waals surface area contributed by atoms with Crippen molar-refractivity contribution in [2.24, 2.45) is 0 Å². The average molecular weight is 482 g/mol. The number of hydrogen-bond acceptors (Lipinski definition) is 4. The highest BCUT2D eigenvalue weighted by Crippen LogP contribution is 2.32. The van der Waals surface area contributed by atoms with Crippen LogP contribution in [0.3, 0.4) is 0 Å². The van der Waals surface area contributed by atoms with Gasteiger partial charge in [0.25, 0.3) is 0 Å². The third-order valence-corrected chi connectivity index (χ3v) is 7.69. The second-order valence-corrected chi connectivity index (χ2v) is 9.42. The maximum absolute atomic E-state index is 13.1. The molecule has 0 spiro atoms. The molecule has 6 nitrogen and oxygen atoms in total. The Morgan fingerprint density at radius 2 is 1.88 bits per heavy atom. The van der Waals surface area contributed by atoms with Gasteiger partial charge >= 0.3 is 0 Å². The van der Waals surface area contributed by atoms with Crippen molar-refractivity contribution < 1.29 is 17.9 Å². The van der Waals surface area contributed by atoms with Gasteiger partial charge in [0.05, 0.1) is 18.1 Å². The molecule has 2 saturated heterocycles. The zero-order valence-electron chi connectivity index (χ0n) is 13.0. The number of morpholine rings is 1. The molecule has 9 heteroatoms. The van der Waals surface area contributed by atoms with Gasteiger partial charge in [-0.2, -0.15) is 4.31 Å². The fraction of sp³-hybridized carbons (Fsp3) is 0.533. The molecule has 0 aromatic heterocycles. The Morgan fingerprint density at radius 1 is 1.17 bits per heavy atom. The van der Waals surface area contributed by atoms with Crippen LogP contribution in [0.1, 0.15) is 12.8 Å². The lowest BCUT2D eigenvalue weighted by atomic mass is 10.2. The topological polar surface area (TPSA) is 66.9 Å². The molecule has 1 aromatic carbocycles. The van der Waals surface area contributed by atoms with Gasteiger partial charge < -0.3 is 9.64 Å². The maximum atomic E-state index is 13.1. The summed E-state index contributed by atoms with van der Waals surface area (Å²) in [7, 11) is -3.75. The van der Waals surface area contributed by atoms with E-state index in [1.54, 1.807) is 23.1 Å². The summed E-state index contributed by atoms with van der Waals surface area (Å²) in [5.74, 6) is -0.120. The molecule has 1 atom stereocenters. The SMILES string of the molecule is O=C(C1CCCN1S(=O)(=O)c1cc(Br)ccc1Br)N1CCOCC1. The van der Waals surface area contributed by atoms with E-state index in [2.05, 4.69) is 31.9 Å². The third kappa shape index (κ3) is 3.55. The van der Waals surface area contributed by atoms with Crippen LogP contribution in [-0.4, -0.2) is 62.4 Å². The minimum atomic E-state index is -3.75. The lowest BCUT2D eigenvalue weighted by Crippen LogP contribution is -2.51. The van der Waals surface area contributed by atoms with Gasteiger partial charge in [-0.3, -0.25) is 4.79 Å². The van der Waals surface area contributed by atoms with Gasteiger partial charge in [-0.05, 0) is 47.0 Å². The standard InChI is InChI=1S/C15H18Br2N2O4S/c16-11-3-4-12(17)14(10-11)24(21,22)19-5-1-2-13(19)15(20)18-6-8-23-9-7-18/h3-4,10,13H,1-2,5-9H2. The summed E-state index contributed by atoms with van der Waals surface area (Å²) in [6.07, 6.45) is 1.24. The van der Waals surface area contributed by atoms with Gasteiger partial charge in [0.15, 0.2) is 0 Å². The van der Waals surface area contributed by atoms with E-state index in [9.17, 15) is 13.2 Å². The Labute approximate surface area is 158 Å². The predicted molar refractivity (Wildman–Crippen MR) is 96.2 cm³/mol. The summed E-state index contributed by atoms with van der Waals surface area (Å²) in [4.78, 5) is 14.7. The molecule has 0 N–H and O–H groups in total. The van der Waals surface area contributed by atoms with Crippen LogP contribution in [0.4, 0.5) is 0 Å². The number of hydrogen-bond donors (Lipinski definition) is 0. The molecule has 2 aliphatic heterocycles. The highest BCUT2D eigenvalue weighted by atomic mass is 79.9. The van der Waals surface area contributed by atoms with Crippen molar-refractivity contribution in [3.63, 3.8) is 0 Å². The van der Waals surface area contributed by atoms with Crippen molar-refractivity contribution in [2.75, 3.05) is 32.8 Å². The number of carbonyl (C=O) groups excluding carboxylic acids is 1. The molecule has 0 bridgehead atoms. The van der Waals surface area contributed by atoms with Gasteiger partial charge in [-0.1, -0.05) is 15.9 Å². The number of amides is 1. The number of carbonyl (C=O) groups is 1. The van der Waals surface area contributed by atoms with Crippen LogP contribution in [0.5, 0.6) is 0 Å². The summed E-state index contributed by atoms with van der Waals surface area (Å²) in [6, 6.07) is 4.39. The molecule has 3 rings (SSSR count). The Kier molecular flexibility index (Phi) is 5.65. The smallest absolute Gasteiger partial charge is 0.244 e. The van der Waals surface area contributed by atoms with Crippen molar-refractivity contribution in [1.82, 2.24) is 9.21 Å². The average Bonchev–Trinajstić information content (AvgIpc) is 3.07. The second-order valence-electron chi connectivity index (χ2n) is 5.79. The normalized spacial score (nSPS) is 22.8. The zero-order valence-corrected chi connectivity index (χ0v) is 16.9. The summed E-state index contributed by atoms with van der Waals surface area (Å²) in [5.41, 5.74) is 0. The highest BCUT2D eigenvalue weighted by molar-refractivity contribution is 9.11. The van der Waals surface area contributed by atoms with Crippen molar-refractivity contribution >= 4 is 47.8 Å². The van der Waals surface area contributed by atoms with Crippen LogP contribution in [0.25, 0.3) is 0 Å². The number of benzene rings is 1. The van der Waals surface area contributed by atoms with Gasteiger partial charge in [-0.15, -0.1) is 0 Å². The van der Waals surface area contributed by atoms with E-state index in [1.807, 2.05) is 0 Å². The maximum Gasteiger partial charge on any atom is 0.244 e. The molecule has 1 unspecified atom stereocenters. The third-order valence-electron chi connectivity index (χ3n) is 4.29.